The van der Waals surface area contributed by atoms with E-state index in [0.29, 0.717) is 28.8 Å². The van der Waals surface area contributed by atoms with Gasteiger partial charge in [-0.1, -0.05) is 38.2 Å². The van der Waals surface area contributed by atoms with Crippen LogP contribution in [0.3, 0.4) is 0 Å². The summed E-state index contributed by atoms with van der Waals surface area (Å²) in [5.74, 6) is 1.94. The van der Waals surface area contributed by atoms with Gasteiger partial charge in [-0.25, -0.2) is 14.8 Å². The van der Waals surface area contributed by atoms with E-state index in [1.54, 1.807) is 12.1 Å². The summed E-state index contributed by atoms with van der Waals surface area (Å²) in [6.07, 6.45) is 10.6. The van der Waals surface area contributed by atoms with Crippen LogP contribution in [-0.4, -0.2) is 28.6 Å². The van der Waals surface area contributed by atoms with Crippen molar-refractivity contribution in [1.29, 1.82) is 0 Å². The Hall–Kier alpha value is -3.21. The molecule has 5 heteroatoms. The van der Waals surface area contributed by atoms with Gasteiger partial charge in [-0.2, -0.15) is 0 Å². The Balaban J connectivity index is 1.90. The lowest BCUT2D eigenvalue weighted by Gasteiger charge is -2.33. The van der Waals surface area contributed by atoms with Crippen molar-refractivity contribution < 1.29 is 14.3 Å². The van der Waals surface area contributed by atoms with Crippen LogP contribution >= 0.6 is 0 Å². The number of hydrogen-bond donors (Lipinski definition) is 0. The maximum atomic E-state index is 12.1. The Bertz CT molecular complexity index is 1470. The van der Waals surface area contributed by atoms with Gasteiger partial charge in [0.15, 0.2) is 0 Å². The first kappa shape index (κ1) is 23.5. The zero-order valence-corrected chi connectivity index (χ0v) is 21.4. The molecule has 3 atom stereocenters. The Labute approximate surface area is 206 Å². The summed E-state index contributed by atoms with van der Waals surface area (Å²) < 4.78 is 11.8. The quantitative estimate of drug-likeness (QED) is 0.370. The molecule has 2 aromatic carbocycles. The van der Waals surface area contributed by atoms with Crippen LogP contribution in [0.5, 0.6) is 5.75 Å². The Morgan fingerprint density at radius 3 is 2.69 bits per heavy atom. The topological polar surface area (TPSA) is 61.3 Å². The predicted molar refractivity (Wildman–Crippen MR) is 141 cm³/mol. The average Bonchev–Trinajstić information content (AvgIpc) is 3.10. The van der Waals surface area contributed by atoms with Gasteiger partial charge in [-0.3, -0.25) is 0 Å². The zero-order chi connectivity index (χ0) is 24.9. The summed E-state index contributed by atoms with van der Waals surface area (Å²) in [5.41, 5.74) is 4.43. The van der Waals surface area contributed by atoms with Crippen LogP contribution in [0.25, 0.3) is 34.7 Å². The van der Waals surface area contributed by atoms with E-state index in [1.807, 2.05) is 31.2 Å². The number of esters is 1. The molecule has 1 aromatic heterocycles. The predicted octanol–water partition coefficient (Wildman–Crippen LogP) is 5.42. The van der Waals surface area contributed by atoms with Gasteiger partial charge in [0.1, 0.15) is 11.4 Å². The third-order valence-corrected chi connectivity index (χ3v) is 7.92. The van der Waals surface area contributed by atoms with Gasteiger partial charge in [-0.05, 0) is 76.0 Å². The molecule has 0 spiro atoms. The average molecular weight is 471 g/mol. The van der Waals surface area contributed by atoms with Gasteiger partial charge in [0.25, 0.3) is 0 Å². The molecule has 35 heavy (non-hydrogen) atoms. The van der Waals surface area contributed by atoms with Gasteiger partial charge in [-0.15, -0.1) is 0 Å². The van der Waals surface area contributed by atoms with Crippen molar-refractivity contribution in [2.24, 2.45) is 11.8 Å². The summed E-state index contributed by atoms with van der Waals surface area (Å²) in [4.78, 5) is 22.4. The molecule has 0 amide bonds. The summed E-state index contributed by atoms with van der Waals surface area (Å²) >= 11 is 0. The van der Waals surface area contributed by atoms with Crippen LogP contribution in [-0.2, 0) is 4.74 Å². The van der Waals surface area contributed by atoms with E-state index in [2.05, 4.69) is 27.4 Å². The Morgan fingerprint density at radius 2 is 1.94 bits per heavy atom. The molecule has 0 radical (unpaired) electrons. The molecule has 2 bridgehead atoms. The second-order valence-corrected chi connectivity index (χ2v) is 10.7. The van der Waals surface area contributed by atoms with Crippen LogP contribution in [0.4, 0.5) is 0 Å². The molecule has 1 fully saturated rings. The number of hydrogen-bond acceptors (Lipinski definition) is 5. The van der Waals surface area contributed by atoms with Crippen molar-refractivity contribution in [2.45, 2.75) is 64.9 Å². The summed E-state index contributed by atoms with van der Waals surface area (Å²) in [5, 5.41) is 1.77. The fourth-order valence-electron chi connectivity index (χ4n) is 5.94. The van der Waals surface area contributed by atoms with Gasteiger partial charge in [0.05, 0.1) is 34.7 Å². The first-order valence-corrected chi connectivity index (χ1v) is 12.6. The van der Waals surface area contributed by atoms with E-state index in [0.717, 1.165) is 51.1 Å². The monoisotopic (exact) mass is 470 g/mol. The molecule has 1 saturated carbocycles. The lowest BCUT2D eigenvalue weighted by atomic mass is 9.80. The van der Waals surface area contributed by atoms with Crippen LogP contribution in [0, 0.1) is 11.8 Å². The van der Waals surface area contributed by atoms with Crippen molar-refractivity contribution in [3.63, 3.8) is 0 Å². The number of carbonyl (C=O) groups excluding carboxylic acids is 1. The minimum absolute atomic E-state index is 0.286. The molecule has 2 heterocycles. The second kappa shape index (κ2) is 8.78. The third kappa shape index (κ3) is 4.01. The molecule has 5 nitrogen and oxygen atoms in total. The standard InChI is InChI=1S/C30H34N2O3/c1-7-8-9-22-18(3)28-25(20-14-17(2)10-12-21(15-20)30(4,5)35-28)27-26(22)32-24-16-19(29(33)34-6)11-13-23(24)31-27/h7-9,11,13,16-17,20-21H,3,10,12,14-15H2,1-2,4-6H3/b8-7-,22-9+/t17-,20?,21+/m0/s1. The number of fused-ring (bicyclic) bond motifs is 7. The number of aromatic nitrogens is 2. The van der Waals surface area contributed by atoms with Crippen molar-refractivity contribution >= 4 is 40.7 Å². The molecular formula is C30H34N2O3. The van der Waals surface area contributed by atoms with Crippen LogP contribution < -0.4 is 15.2 Å². The zero-order valence-electron chi connectivity index (χ0n) is 21.4. The van der Waals surface area contributed by atoms with Crippen molar-refractivity contribution in [2.75, 3.05) is 7.11 Å². The fourth-order valence-corrected chi connectivity index (χ4v) is 5.94. The Morgan fingerprint density at radius 1 is 1.17 bits per heavy atom. The highest BCUT2D eigenvalue weighted by Crippen LogP contribution is 2.48. The number of methoxy groups -OCH3 is 1. The molecule has 182 valence electrons. The van der Waals surface area contributed by atoms with Crippen molar-refractivity contribution in [3.05, 3.63) is 51.9 Å². The van der Waals surface area contributed by atoms with Gasteiger partial charge in [0, 0.05) is 16.0 Å². The van der Waals surface area contributed by atoms with Gasteiger partial charge in [0.2, 0.25) is 0 Å². The molecule has 2 aliphatic rings. The molecule has 0 N–H and O–H groups in total. The minimum Gasteiger partial charge on any atom is -0.487 e. The molecule has 1 aliphatic heterocycles. The lowest BCUT2D eigenvalue weighted by Crippen LogP contribution is -2.39. The summed E-state index contributed by atoms with van der Waals surface area (Å²) in [6.45, 7) is 13.3. The van der Waals surface area contributed by atoms with Crippen molar-refractivity contribution in [1.82, 2.24) is 9.97 Å². The molecule has 0 saturated heterocycles. The lowest BCUT2D eigenvalue weighted by molar-refractivity contribution is 0.0403. The molecular weight excluding hydrogens is 436 g/mol. The number of ether oxygens (including phenoxy) is 2. The van der Waals surface area contributed by atoms with E-state index in [9.17, 15) is 4.79 Å². The highest BCUT2D eigenvalue weighted by atomic mass is 16.5. The first-order chi connectivity index (χ1) is 16.7. The minimum atomic E-state index is -0.386. The number of allylic oxidation sites excluding steroid dienone is 2. The maximum Gasteiger partial charge on any atom is 0.337 e. The largest absolute Gasteiger partial charge is 0.487 e. The van der Waals surface area contributed by atoms with Crippen molar-refractivity contribution in [3.8, 4) is 5.75 Å². The number of rotatable bonds is 2. The fraction of sp³-hybridized carbons (Fsp3) is 0.433. The van der Waals surface area contributed by atoms with Gasteiger partial charge >= 0.3 is 5.97 Å². The first-order valence-electron chi connectivity index (χ1n) is 12.6. The number of benzene rings is 2. The molecule has 1 aliphatic carbocycles. The smallest absolute Gasteiger partial charge is 0.337 e. The SMILES string of the molecule is C=c1c2c(c3nc4ccc(C(=O)OC)cc4nc3/c1=C/C=C\C)C1C[C@@H](C)CC[C@H](C1)C(C)(C)O2. The summed E-state index contributed by atoms with van der Waals surface area (Å²) in [6, 6.07) is 5.36. The third-order valence-electron chi connectivity index (χ3n) is 7.92. The van der Waals surface area contributed by atoms with Crippen LogP contribution in [0.1, 0.15) is 75.2 Å². The van der Waals surface area contributed by atoms with E-state index in [1.165, 1.54) is 20.0 Å². The summed E-state index contributed by atoms with van der Waals surface area (Å²) in [7, 11) is 1.38. The highest BCUT2D eigenvalue weighted by Gasteiger charge is 2.42. The molecule has 1 unspecified atom stereocenters. The van der Waals surface area contributed by atoms with E-state index >= 15 is 0 Å². The van der Waals surface area contributed by atoms with E-state index in [4.69, 9.17) is 19.4 Å². The number of nitrogens with zero attached hydrogens (tertiary/aromatic N) is 2. The molecule has 3 aromatic rings. The van der Waals surface area contributed by atoms with E-state index in [-0.39, 0.29) is 11.6 Å². The number of carbonyl (C=O) groups is 1. The highest BCUT2D eigenvalue weighted by molar-refractivity contribution is 5.96. The van der Waals surface area contributed by atoms with Crippen LogP contribution in [0.2, 0.25) is 0 Å². The van der Waals surface area contributed by atoms with E-state index < -0.39 is 0 Å². The van der Waals surface area contributed by atoms with Crippen LogP contribution in [0.15, 0.2) is 30.4 Å². The molecule has 5 rings (SSSR count). The Kier molecular flexibility index (Phi) is 5.90. The second-order valence-electron chi connectivity index (χ2n) is 10.7. The maximum absolute atomic E-state index is 12.1. The normalized spacial score (nSPS) is 24.1. The van der Waals surface area contributed by atoms with Gasteiger partial charge < -0.3 is 9.47 Å².